The Morgan fingerprint density at radius 1 is 1.35 bits per heavy atom. The van der Waals surface area contributed by atoms with Gasteiger partial charge in [-0.2, -0.15) is 0 Å². The highest BCUT2D eigenvalue weighted by Crippen LogP contribution is 2.14. The lowest BCUT2D eigenvalue weighted by atomic mass is 10.2. The molecule has 1 aromatic carbocycles. The maximum atomic E-state index is 11.7. The van der Waals surface area contributed by atoms with E-state index in [0.717, 1.165) is 16.9 Å². The van der Waals surface area contributed by atoms with Crippen molar-refractivity contribution in [3.63, 3.8) is 0 Å². The second kappa shape index (κ2) is 4.77. The first kappa shape index (κ1) is 12.0. The minimum Gasteiger partial charge on any atom is -0.315 e. The summed E-state index contributed by atoms with van der Waals surface area (Å²) in [7, 11) is 1.82. The lowest BCUT2D eigenvalue weighted by molar-refractivity contribution is 0.801. The number of H-pyrrole nitrogens is 1. The third-order valence-electron chi connectivity index (χ3n) is 2.70. The quantitative estimate of drug-likeness (QED) is 0.875. The van der Waals surface area contributed by atoms with Gasteiger partial charge in [0.15, 0.2) is 0 Å². The van der Waals surface area contributed by atoms with E-state index in [-0.39, 0.29) is 5.56 Å². The van der Waals surface area contributed by atoms with Crippen molar-refractivity contribution < 1.29 is 0 Å². The number of halogens is 1. The molecule has 0 unspecified atom stereocenters. The molecule has 90 valence electrons. The molecule has 0 aliphatic rings. The van der Waals surface area contributed by atoms with Gasteiger partial charge < -0.3 is 5.32 Å². The molecule has 0 atom stereocenters. The molecule has 0 fully saturated rings. The summed E-state index contributed by atoms with van der Waals surface area (Å²) in [5.41, 5.74) is 2.49. The zero-order chi connectivity index (χ0) is 12.4. The smallest absolute Gasteiger partial charge is 0.269 e. The summed E-state index contributed by atoms with van der Waals surface area (Å²) in [6.07, 6.45) is 0. The zero-order valence-corrected chi connectivity index (χ0v) is 10.5. The van der Waals surface area contributed by atoms with E-state index in [2.05, 4.69) is 10.4 Å². The Hall–Kier alpha value is -1.52. The lowest BCUT2D eigenvalue weighted by Gasteiger charge is -2.06. The fraction of sp³-hybridized carbons (Fsp3) is 0.250. The molecule has 2 aromatic rings. The molecule has 2 N–H and O–H groups in total. The summed E-state index contributed by atoms with van der Waals surface area (Å²) in [6.45, 7) is 2.47. The summed E-state index contributed by atoms with van der Waals surface area (Å²) in [5, 5.41) is 6.47. The Morgan fingerprint density at radius 2 is 2.00 bits per heavy atom. The maximum Gasteiger partial charge on any atom is 0.269 e. The molecule has 4 nitrogen and oxygen atoms in total. The van der Waals surface area contributed by atoms with Crippen LogP contribution in [0.5, 0.6) is 0 Å². The summed E-state index contributed by atoms with van der Waals surface area (Å²) in [6, 6.07) is 7.33. The number of aromatic nitrogens is 2. The Labute approximate surface area is 104 Å². The highest BCUT2D eigenvalue weighted by atomic mass is 35.5. The number of rotatable bonds is 3. The van der Waals surface area contributed by atoms with E-state index < -0.39 is 0 Å². The standard InChI is InChI=1S/C12H14ClN3O/c1-8-11(7-14-2)12(17)15-16(8)10-5-3-9(13)4-6-10/h3-6,14H,7H2,1-2H3,(H,15,17). The van der Waals surface area contributed by atoms with Crippen LogP contribution >= 0.6 is 11.6 Å². The van der Waals surface area contributed by atoms with Gasteiger partial charge in [-0.25, -0.2) is 0 Å². The van der Waals surface area contributed by atoms with Crippen molar-refractivity contribution in [3.8, 4) is 5.69 Å². The van der Waals surface area contributed by atoms with Gasteiger partial charge >= 0.3 is 0 Å². The van der Waals surface area contributed by atoms with Crippen LogP contribution in [0.1, 0.15) is 11.3 Å². The first-order valence-electron chi connectivity index (χ1n) is 5.34. The number of aromatic amines is 1. The van der Waals surface area contributed by atoms with Crippen molar-refractivity contribution in [2.75, 3.05) is 7.05 Å². The van der Waals surface area contributed by atoms with E-state index in [9.17, 15) is 4.79 Å². The first-order valence-corrected chi connectivity index (χ1v) is 5.72. The fourth-order valence-corrected chi connectivity index (χ4v) is 1.91. The molecule has 0 saturated carbocycles. The van der Waals surface area contributed by atoms with Crippen LogP contribution in [0.15, 0.2) is 29.1 Å². The van der Waals surface area contributed by atoms with Crippen LogP contribution < -0.4 is 10.9 Å². The number of nitrogens with zero attached hydrogens (tertiary/aromatic N) is 1. The van der Waals surface area contributed by atoms with Gasteiger partial charge in [0.05, 0.1) is 11.3 Å². The summed E-state index contributed by atoms with van der Waals surface area (Å²) in [5.74, 6) is 0. The lowest BCUT2D eigenvalue weighted by Crippen LogP contribution is -2.14. The van der Waals surface area contributed by atoms with Crippen molar-refractivity contribution in [3.05, 3.63) is 50.9 Å². The second-order valence-corrected chi connectivity index (χ2v) is 4.28. The SMILES string of the molecule is CNCc1c(C)n(-c2ccc(Cl)cc2)[nH]c1=O. The molecule has 0 aliphatic carbocycles. The Bertz CT molecular complexity index is 568. The molecule has 0 saturated heterocycles. The van der Waals surface area contributed by atoms with E-state index in [4.69, 9.17) is 11.6 Å². The number of hydrogen-bond donors (Lipinski definition) is 2. The largest absolute Gasteiger partial charge is 0.315 e. The van der Waals surface area contributed by atoms with E-state index >= 15 is 0 Å². The van der Waals surface area contributed by atoms with Gasteiger partial charge in [0, 0.05) is 17.3 Å². The molecular formula is C12H14ClN3O. The monoisotopic (exact) mass is 251 g/mol. The number of benzene rings is 1. The van der Waals surface area contributed by atoms with Crippen molar-refractivity contribution >= 4 is 11.6 Å². The number of hydrogen-bond acceptors (Lipinski definition) is 2. The normalized spacial score (nSPS) is 10.8. The van der Waals surface area contributed by atoms with Crippen LogP contribution in [0, 0.1) is 6.92 Å². The van der Waals surface area contributed by atoms with Crippen molar-refractivity contribution in [2.45, 2.75) is 13.5 Å². The fourth-order valence-electron chi connectivity index (χ4n) is 1.79. The predicted octanol–water partition coefficient (Wildman–Crippen LogP) is 1.85. The summed E-state index contributed by atoms with van der Waals surface area (Å²) >= 11 is 5.83. The molecular weight excluding hydrogens is 238 g/mol. The van der Waals surface area contributed by atoms with Gasteiger partial charge in [-0.15, -0.1) is 0 Å². The summed E-state index contributed by atoms with van der Waals surface area (Å²) in [4.78, 5) is 11.7. The van der Waals surface area contributed by atoms with Crippen LogP contribution in [-0.2, 0) is 6.54 Å². The van der Waals surface area contributed by atoms with Gasteiger partial charge in [-0.3, -0.25) is 14.6 Å². The highest BCUT2D eigenvalue weighted by molar-refractivity contribution is 6.30. The third kappa shape index (κ3) is 2.28. The predicted molar refractivity (Wildman–Crippen MR) is 68.9 cm³/mol. The molecule has 0 radical (unpaired) electrons. The van der Waals surface area contributed by atoms with Crippen LogP contribution in [0.25, 0.3) is 5.69 Å². The molecule has 0 amide bonds. The Morgan fingerprint density at radius 3 is 2.59 bits per heavy atom. The molecule has 1 heterocycles. The highest BCUT2D eigenvalue weighted by Gasteiger charge is 2.10. The molecule has 17 heavy (non-hydrogen) atoms. The minimum atomic E-state index is -0.0631. The van der Waals surface area contributed by atoms with E-state index in [1.54, 1.807) is 16.8 Å². The van der Waals surface area contributed by atoms with Crippen molar-refractivity contribution in [1.82, 2.24) is 15.1 Å². The Balaban J connectivity index is 2.50. The van der Waals surface area contributed by atoms with Gasteiger partial charge in [-0.05, 0) is 38.2 Å². The van der Waals surface area contributed by atoms with Crippen LogP contribution in [0.3, 0.4) is 0 Å². The van der Waals surface area contributed by atoms with Gasteiger partial charge in [0.1, 0.15) is 0 Å². The van der Waals surface area contributed by atoms with E-state index in [1.165, 1.54) is 0 Å². The topological polar surface area (TPSA) is 49.8 Å². The average molecular weight is 252 g/mol. The van der Waals surface area contributed by atoms with Gasteiger partial charge in [0.25, 0.3) is 5.56 Å². The van der Waals surface area contributed by atoms with Crippen molar-refractivity contribution in [1.29, 1.82) is 0 Å². The van der Waals surface area contributed by atoms with Crippen LogP contribution in [0.2, 0.25) is 5.02 Å². The number of nitrogens with one attached hydrogen (secondary N) is 2. The second-order valence-electron chi connectivity index (χ2n) is 3.85. The average Bonchev–Trinajstić information content (AvgIpc) is 2.59. The molecule has 0 spiro atoms. The van der Waals surface area contributed by atoms with E-state index in [0.29, 0.717) is 11.6 Å². The molecule has 0 aliphatic heterocycles. The molecule has 5 heteroatoms. The van der Waals surface area contributed by atoms with Crippen LogP contribution in [-0.4, -0.2) is 16.8 Å². The molecule has 1 aromatic heterocycles. The van der Waals surface area contributed by atoms with E-state index in [1.807, 2.05) is 26.1 Å². The van der Waals surface area contributed by atoms with Crippen LogP contribution in [0.4, 0.5) is 0 Å². The van der Waals surface area contributed by atoms with Gasteiger partial charge in [0.2, 0.25) is 0 Å². The maximum absolute atomic E-state index is 11.7. The Kier molecular flexibility index (Phi) is 3.36. The van der Waals surface area contributed by atoms with Gasteiger partial charge in [-0.1, -0.05) is 11.6 Å². The first-order chi connectivity index (χ1) is 8.13. The third-order valence-corrected chi connectivity index (χ3v) is 2.95. The zero-order valence-electron chi connectivity index (χ0n) is 9.75. The molecule has 0 bridgehead atoms. The van der Waals surface area contributed by atoms with Crippen molar-refractivity contribution in [2.24, 2.45) is 0 Å². The molecule has 2 rings (SSSR count). The minimum absolute atomic E-state index is 0.0631. The summed E-state index contributed by atoms with van der Waals surface area (Å²) < 4.78 is 1.77.